The molecular formula is C20H14ClN. The van der Waals surface area contributed by atoms with Crippen LogP contribution in [0.3, 0.4) is 0 Å². The molecule has 1 nitrogen and oxygen atoms in total. The highest BCUT2D eigenvalue weighted by molar-refractivity contribution is 6.31. The molecule has 0 saturated heterocycles. The Morgan fingerprint density at radius 2 is 1.45 bits per heavy atom. The lowest BCUT2D eigenvalue weighted by atomic mass is 9.96. The van der Waals surface area contributed by atoms with Crippen LogP contribution in [0.1, 0.15) is 11.1 Å². The number of rotatable bonds is 2. The molecule has 3 aromatic carbocycles. The van der Waals surface area contributed by atoms with Crippen molar-refractivity contribution in [2.45, 2.75) is 6.42 Å². The summed E-state index contributed by atoms with van der Waals surface area (Å²) in [5.41, 5.74) is 4.58. The third-order valence-corrected chi connectivity index (χ3v) is 4.21. The molecule has 0 atom stereocenters. The molecule has 0 aliphatic rings. The molecule has 0 spiro atoms. The molecule has 4 rings (SSSR count). The van der Waals surface area contributed by atoms with E-state index in [2.05, 4.69) is 48.5 Å². The first-order chi connectivity index (χ1) is 10.8. The van der Waals surface area contributed by atoms with Crippen LogP contribution in [-0.4, -0.2) is 4.98 Å². The van der Waals surface area contributed by atoms with Gasteiger partial charge >= 0.3 is 0 Å². The molecule has 106 valence electrons. The SMILES string of the molecule is Clc1ccc2c(Cc3ccccc3)c3ccccc3nc2c1. The third kappa shape index (κ3) is 2.34. The lowest BCUT2D eigenvalue weighted by Gasteiger charge is -2.11. The molecule has 1 heterocycles. The van der Waals surface area contributed by atoms with Gasteiger partial charge in [0.05, 0.1) is 11.0 Å². The minimum absolute atomic E-state index is 0.723. The van der Waals surface area contributed by atoms with Crippen molar-refractivity contribution < 1.29 is 0 Å². The zero-order chi connectivity index (χ0) is 14.9. The van der Waals surface area contributed by atoms with E-state index < -0.39 is 0 Å². The molecule has 0 aliphatic carbocycles. The summed E-state index contributed by atoms with van der Waals surface area (Å²) in [5, 5.41) is 3.11. The molecule has 0 saturated carbocycles. The van der Waals surface area contributed by atoms with E-state index in [9.17, 15) is 0 Å². The molecular weight excluding hydrogens is 290 g/mol. The van der Waals surface area contributed by atoms with Crippen LogP contribution in [-0.2, 0) is 6.42 Å². The van der Waals surface area contributed by atoms with Crippen molar-refractivity contribution in [1.82, 2.24) is 4.98 Å². The molecule has 4 aromatic rings. The standard InChI is InChI=1S/C20H14ClN/c21-15-10-11-17-18(12-14-6-2-1-3-7-14)16-8-4-5-9-19(16)22-20(17)13-15/h1-11,13H,12H2. The Bertz CT molecular complexity index is 961. The predicted octanol–water partition coefficient (Wildman–Crippen LogP) is 5.63. The Morgan fingerprint density at radius 3 is 2.32 bits per heavy atom. The summed E-state index contributed by atoms with van der Waals surface area (Å²) in [5.74, 6) is 0. The van der Waals surface area contributed by atoms with Crippen molar-refractivity contribution in [2.75, 3.05) is 0 Å². The summed E-state index contributed by atoms with van der Waals surface area (Å²) in [7, 11) is 0. The van der Waals surface area contributed by atoms with E-state index in [4.69, 9.17) is 16.6 Å². The van der Waals surface area contributed by atoms with E-state index in [1.807, 2.05) is 24.3 Å². The number of pyridine rings is 1. The fourth-order valence-corrected chi connectivity index (χ4v) is 3.11. The topological polar surface area (TPSA) is 12.9 Å². The van der Waals surface area contributed by atoms with Crippen molar-refractivity contribution in [3.63, 3.8) is 0 Å². The van der Waals surface area contributed by atoms with E-state index in [1.54, 1.807) is 0 Å². The quantitative estimate of drug-likeness (QED) is 0.437. The number of para-hydroxylation sites is 1. The molecule has 0 N–H and O–H groups in total. The summed E-state index contributed by atoms with van der Waals surface area (Å²) < 4.78 is 0. The number of aromatic nitrogens is 1. The van der Waals surface area contributed by atoms with Crippen LogP contribution in [0, 0.1) is 0 Å². The van der Waals surface area contributed by atoms with Gasteiger partial charge in [-0.15, -0.1) is 0 Å². The zero-order valence-corrected chi connectivity index (χ0v) is 12.7. The first-order valence-corrected chi connectivity index (χ1v) is 7.70. The molecule has 22 heavy (non-hydrogen) atoms. The highest BCUT2D eigenvalue weighted by Crippen LogP contribution is 2.29. The van der Waals surface area contributed by atoms with Crippen LogP contribution >= 0.6 is 11.6 Å². The molecule has 2 heteroatoms. The van der Waals surface area contributed by atoms with Crippen molar-refractivity contribution in [3.05, 3.63) is 88.9 Å². The van der Waals surface area contributed by atoms with Crippen LogP contribution in [0.25, 0.3) is 21.8 Å². The van der Waals surface area contributed by atoms with Gasteiger partial charge in [0.15, 0.2) is 0 Å². The number of benzene rings is 3. The number of halogens is 1. The van der Waals surface area contributed by atoms with Gasteiger partial charge in [0.2, 0.25) is 0 Å². The van der Waals surface area contributed by atoms with Gasteiger partial charge in [-0.2, -0.15) is 0 Å². The molecule has 0 aliphatic heterocycles. The Balaban J connectivity index is 2.03. The average Bonchev–Trinajstić information content (AvgIpc) is 2.55. The monoisotopic (exact) mass is 303 g/mol. The average molecular weight is 304 g/mol. The molecule has 1 aromatic heterocycles. The third-order valence-electron chi connectivity index (χ3n) is 3.98. The maximum Gasteiger partial charge on any atom is 0.0727 e. The van der Waals surface area contributed by atoms with E-state index >= 15 is 0 Å². The van der Waals surface area contributed by atoms with Crippen molar-refractivity contribution in [2.24, 2.45) is 0 Å². The smallest absolute Gasteiger partial charge is 0.0727 e. The second kappa shape index (κ2) is 5.43. The molecule has 0 radical (unpaired) electrons. The van der Waals surface area contributed by atoms with Gasteiger partial charge < -0.3 is 0 Å². The fourth-order valence-electron chi connectivity index (χ4n) is 2.94. The first kappa shape index (κ1) is 13.3. The van der Waals surface area contributed by atoms with Crippen molar-refractivity contribution in [3.8, 4) is 0 Å². The Labute approximate surface area is 134 Å². The highest BCUT2D eigenvalue weighted by Gasteiger charge is 2.10. The zero-order valence-electron chi connectivity index (χ0n) is 12.0. The lowest BCUT2D eigenvalue weighted by molar-refractivity contribution is 1.23. The normalized spacial score (nSPS) is 11.1. The summed E-state index contributed by atoms with van der Waals surface area (Å²) in [6.07, 6.45) is 0.891. The number of nitrogens with zero attached hydrogens (tertiary/aromatic N) is 1. The second-order valence-corrected chi connectivity index (χ2v) is 5.87. The summed E-state index contributed by atoms with van der Waals surface area (Å²) in [6.45, 7) is 0. The van der Waals surface area contributed by atoms with Gasteiger partial charge in [-0.25, -0.2) is 4.98 Å². The molecule has 0 fully saturated rings. The molecule has 0 amide bonds. The van der Waals surface area contributed by atoms with Gasteiger partial charge in [0, 0.05) is 15.8 Å². The summed E-state index contributed by atoms with van der Waals surface area (Å²) in [4.78, 5) is 4.76. The van der Waals surface area contributed by atoms with Gasteiger partial charge in [-0.3, -0.25) is 0 Å². The summed E-state index contributed by atoms with van der Waals surface area (Å²) in [6, 6.07) is 24.8. The number of hydrogen-bond acceptors (Lipinski definition) is 1. The summed E-state index contributed by atoms with van der Waals surface area (Å²) >= 11 is 6.14. The molecule has 0 unspecified atom stereocenters. The van der Waals surface area contributed by atoms with Crippen LogP contribution in [0.4, 0.5) is 0 Å². The minimum atomic E-state index is 0.723. The van der Waals surface area contributed by atoms with Gasteiger partial charge in [0.1, 0.15) is 0 Å². The Hall–Kier alpha value is -2.38. The lowest BCUT2D eigenvalue weighted by Crippen LogP contribution is -1.94. The van der Waals surface area contributed by atoms with Crippen LogP contribution in [0.5, 0.6) is 0 Å². The fraction of sp³-hybridized carbons (Fsp3) is 0.0500. The van der Waals surface area contributed by atoms with E-state index in [0.29, 0.717) is 0 Å². The van der Waals surface area contributed by atoms with E-state index in [-0.39, 0.29) is 0 Å². The second-order valence-electron chi connectivity index (χ2n) is 5.43. The van der Waals surface area contributed by atoms with Gasteiger partial charge in [-0.1, -0.05) is 66.2 Å². The highest BCUT2D eigenvalue weighted by atomic mass is 35.5. The van der Waals surface area contributed by atoms with Crippen molar-refractivity contribution >= 4 is 33.4 Å². The van der Waals surface area contributed by atoms with Crippen LogP contribution < -0.4 is 0 Å². The van der Waals surface area contributed by atoms with Crippen LogP contribution in [0.2, 0.25) is 5.02 Å². The van der Waals surface area contributed by atoms with Crippen LogP contribution in [0.15, 0.2) is 72.8 Å². The van der Waals surface area contributed by atoms with Gasteiger partial charge in [0.25, 0.3) is 0 Å². The minimum Gasteiger partial charge on any atom is -0.248 e. The maximum atomic E-state index is 6.14. The Kier molecular flexibility index (Phi) is 3.28. The maximum absolute atomic E-state index is 6.14. The molecule has 0 bridgehead atoms. The number of fused-ring (bicyclic) bond motifs is 2. The van der Waals surface area contributed by atoms with Crippen molar-refractivity contribution in [1.29, 1.82) is 0 Å². The largest absolute Gasteiger partial charge is 0.248 e. The first-order valence-electron chi connectivity index (χ1n) is 7.32. The van der Waals surface area contributed by atoms with Gasteiger partial charge in [-0.05, 0) is 35.7 Å². The predicted molar refractivity (Wildman–Crippen MR) is 93.5 cm³/mol. The number of hydrogen-bond donors (Lipinski definition) is 0. The van der Waals surface area contributed by atoms with E-state index in [1.165, 1.54) is 21.9 Å². The van der Waals surface area contributed by atoms with E-state index in [0.717, 1.165) is 22.5 Å². The Morgan fingerprint density at radius 1 is 0.727 bits per heavy atom.